The molecule has 1 N–H and O–H groups in total. The van der Waals surface area contributed by atoms with E-state index in [1.165, 1.54) is 0 Å². The lowest BCUT2D eigenvalue weighted by Crippen LogP contribution is -2.17. The monoisotopic (exact) mass is 356 g/mol. The van der Waals surface area contributed by atoms with Gasteiger partial charge in [-0.25, -0.2) is 0 Å². The fraction of sp³-hybridized carbons (Fsp3) is 0.278. The van der Waals surface area contributed by atoms with Crippen LogP contribution in [-0.4, -0.2) is 29.6 Å². The molecule has 0 atom stereocenters. The zero-order valence-electron chi connectivity index (χ0n) is 14.2. The zero-order valence-corrected chi connectivity index (χ0v) is 15.0. The van der Waals surface area contributed by atoms with E-state index in [0.29, 0.717) is 24.6 Å². The second-order valence-electron chi connectivity index (χ2n) is 5.60. The van der Waals surface area contributed by atoms with E-state index in [4.69, 9.17) is 4.52 Å². The Morgan fingerprint density at radius 2 is 2.20 bits per heavy atom. The summed E-state index contributed by atoms with van der Waals surface area (Å²) in [6.45, 7) is 2.99. The summed E-state index contributed by atoms with van der Waals surface area (Å²) in [5.74, 6) is 0.964. The van der Waals surface area contributed by atoms with Gasteiger partial charge in [-0.3, -0.25) is 4.79 Å². The number of nitrogens with one attached hydrogen (secondary N) is 1. The molecule has 0 unspecified atom stereocenters. The van der Waals surface area contributed by atoms with Gasteiger partial charge in [0.1, 0.15) is 0 Å². The molecule has 0 saturated carbocycles. The largest absolute Gasteiger partial charge is 0.375 e. The number of anilines is 2. The number of nitrogens with zero attached hydrogens (tertiary/aromatic N) is 3. The van der Waals surface area contributed by atoms with E-state index in [1.807, 2.05) is 48.8 Å². The Hall–Kier alpha value is -2.67. The van der Waals surface area contributed by atoms with E-state index in [-0.39, 0.29) is 5.91 Å². The van der Waals surface area contributed by atoms with Crippen molar-refractivity contribution < 1.29 is 9.32 Å². The second kappa shape index (κ2) is 7.94. The topological polar surface area (TPSA) is 71.3 Å². The number of rotatable bonds is 7. The highest BCUT2D eigenvalue weighted by Gasteiger charge is 2.11. The fourth-order valence-electron chi connectivity index (χ4n) is 2.31. The van der Waals surface area contributed by atoms with Crippen LogP contribution in [0.25, 0.3) is 10.7 Å². The summed E-state index contributed by atoms with van der Waals surface area (Å²) < 4.78 is 5.21. The van der Waals surface area contributed by atoms with Crippen LogP contribution < -0.4 is 10.2 Å². The van der Waals surface area contributed by atoms with Gasteiger partial charge >= 0.3 is 0 Å². The molecule has 0 fully saturated rings. The molecular formula is C18H20N4O2S. The number of hydrogen-bond donors (Lipinski definition) is 1. The van der Waals surface area contributed by atoms with Crippen molar-refractivity contribution >= 4 is 28.6 Å². The lowest BCUT2D eigenvalue weighted by atomic mass is 10.2. The van der Waals surface area contributed by atoms with Crippen molar-refractivity contribution in [3.8, 4) is 10.7 Å². The molecule has 1 amide bonds. The number of aromatic nitrogens is 2. The van der Waals surface area contributed by atoms with Crippen LogP contribution in [-0.2, 0) is 11.2 Å². The van der Waals surface area contributed by atoms with Gasteiger partial charge in [-0.1, -0.05) is 17.3 Å². The van der Waals surface area contributed by atoms with Crippen molar-refractivity contribution in [2.24, 2.45) is 0 Å². The van der Waals surface area contributed by atoms with E-state index in [1.54, 1.807) is 11.3 Å². The smallest absolute Gasteiger partial charge is 0.227 e. The van der Waals surface area contributed by atoms with Gasteiger partial charge < -0.3 is 14.7 Å². The average molecular weight is 356 g/mol. The number of benzene rings is 1. The van der Waals surface area contributed by atoms with Gasteiger partial charge in [0.25, 0.3) is 0 Å². The lowest BCUT2D eigenvalue weighted by molar-refractivity contribution is -0.116. The summed E-state index contributed by atoms with van der Waals surface area (Å²) in [6.07, 6.45) is 0.707. The van der Waals surface area contributed by atoms with E-state index < -0.39 is 0 Å². The molecule has 130 valence electrons. The van der Waals surface area contributed by atoms with Crippen LogP contribution in [0.3, 0.4) is 0 Å². The molecule has 3 aromatic rings. The maximum Gasteiger partial charge on any atom is 0.227 e. The van der Waals surface area contributed by atoms with Gasteiger partial charge in [0.05, 0.1) is 4.88 Å². The van der Waals surface area contributed by atoms with Gasteiger partial charge in [0.2, 0.25) is 17.6 Å². The third-order valence-corrected chi connectivity index (χ3v) is 4.69. The highest BCUT2D eigenvalue weighted by atomic mass is 32.1. The van der Waals surface area contributed by atoms with Gasteiger partial charge in [-0.05, 0) is 36.6 Å². The molecule has 0 radical (unpaired) electrons. The molecule has 0 aliphatic carbocycles. The molecule has 25 heavy (non-hydrogen) atoms. The van der Waals surface area contributed by atoms with Gasteiger partial charge in [0.15, 0.2) is 0 Å². The predicted molar refractivity (Wildman–Crippen MR) is 99.9 cm³/mol. The molecule has 0 aliphatic rings. The van der Waals surface area contributed by atoms with E-state index >= 15 is 0 Å². The summed E-state index contributed by atoms with van der Waals surface area (Å²) >= 11 is 1.55. The summed E-state index contributed by atoms with van der Waals surface area (Å²) in [5.41, 5.74) is 1.85. The first-order valence-electron chi connectivity index (χ1n) is 8.13. The van der Waals surface area contributed by atoms with Gasteiger partial charge in [-0.2, -0.15) is 4.98 Å². The Labute approximate surface area is 150 Å². The lowest BCUT2D eigenvalue weighted by Gasteiger charge is -2.17. The normalized spacial score (nSPS) is 10.6. The summed E-state index contributed by atoms with van der Waals surface area (Å²) in [6, 6.07) is 11.7. The van der Waals surface area contributed by atoms with Crippen molar-refractivity contribution in [3.05, 3.63) is 47.7 Å². The quantitative estimate of drug-likeness (QED) is 0.697. The number of carbonyl (C=O) groups excluding carboxylic acids is 1. The van der Waals surface area contributed by atoms with E-state index in [2.05, 4.69) is 27.3 Å². The van der Waals surface area contributed by atoms with Crippen molar-refractivity contribution in [2.45, 2.75) is 19.8 Å². The van der Waals surface area contributed by atoms with Crippen LogP contribution in [0.2, 0.25) is 0 Å². The van der Waals surface area contributed by atoms with Crippen molar-refractivity contribution in [1.29, 1.82) is 0 Å². The number of amides is 1. The third kappa shape index (κ3) is 4.45. The van der Waals surface area contributed by atoms with Crippen LogP contribution in [0.1, 0.15) is 19.2 Å². The minimum Gasteiger partial charge on any atom is -0.375 e. The van der Waals surface area contributed by atoms with E-state index in [0.717, 1.165) is 22.8 Å². The third-order valence-electron chi connectivity index (χ3n) is 3.82. The minimum absolute atomic E-state index is 0.0767. The van der Waals surface area contributed by atoms with Crippen LogP contribution in [0.5, 0.6) is 0 Å². The fourth-order valence-corrected chi connectivity index (χ4v) is 2.96. The second-order valence-corrected chi connectivity index (χ2v) is 6.55. The molecule has 0 saturated heterocycles. The zero-order chi connectivity index (χ0) is 17.6. The molecular weight excluding hydrogens is 336 g/mol. The van der Waals surface area contributed by atoms with Gasteiger partial charge in [-0.15, -0.1) is 11.3 Å². The Kier molecular flexibility index (Phi) is 5.45. The Morgan fingerprint density at radius 1 is 1.32 bits per heavy atom. The first-order valence-corrected chi connectivity index (χ1v) is 9.01. The molecule has 0 spiro atoms. The molecule has 1 aromatic carbocycles. The maximum absolute atomic E-state index is 12.2. The Balaban J connectivity index is 1.55. The minimum atomic E-state index is -0.0767. The van der Waals surface area contributed by atoms with Crippen LogP contribution in [0, 0.1) is 0 Å². The standard InChI is InChI=1S/C18H20N4O2S/c1-3-22(2)14-7-4-6-13(12-14)19-16(23)9-10-17-20-18(21-24-17)15-8-5-11-25-15/h4-8,11-12H,3,9-10H2,1-2H3,(H,19,23). The van der Waals surface area contributed by atoms with Gasteiger partial charge in [0, 0.05) is 37.8 Å². The highest BCUT2D eigenvalue weighted by Crippen LogP contribution is 2.22. The van der Waals surface area contributed by atoms with Crippen LogP contribution >= 0.6 is 11.3 Å². The summed E-state index contributed by atoms with van der Waals surface area (Å²) in [5, 5.41) is 8.82. The van der Waals surface area contributed by atoms with Crippen molar-refractivity contribution in [1.82, 2.24) is 10.1 Å². The molecule has 3 rings (SSSR count). The first-order chi connectivity index (χ1) is 12.2. The predicted octanol–water partition coefficient (Wildman–Crippen LogP) is 3.83. The number of thiophene rings is 1. The van der Waals surface area contributed by atoms with E-state index in [9.17, 15) is 4.79 Å². The average Bonchev–Trinajstić information content (AvgIpc) is 3.30. The molecule has 0 bridgehead atoms. The van der Waals surface area contributed by atoms with Crippen molar-refractivity contribution in [3.63, 3.8) is 0 Å². The van der Waals surface area contributed by atoms with Crippen LogP contribution in [0.15, 0.2) is 46.3 Å². The molecule has 6 nitrogen and oxygen atoms in total. The Bertz CT molecular complexity index is 829. The molecule has 7 heteroatoms. The highest BCUT2D eigenvalue weighted by molar-refractivity contribution is 7.13. The number of hydrogen-bond acceptors (Lipinski definition) is 6. The molecule has 2 heterocycles. The van der Waals surface area contributed by atoms with Crippen LogP contribution in [0.4, 0.5) is 11.4 Å². The summed E-state index contributed by atoms with van der Waals surface area (Å²) in [4.78, 5) is 19.6. The summed E-state index contributed by atoms with van der Waals surface area (Å²) in [7, 11) is 2.02. The number of carbonyl (C=O) groups is 1. The van der Waals surface area contributed by atoms with Crippen molar-refractivity contribution in [2.75, 3.05) is 23.8 Å². The molecule has 2 aromatic heterocycles. The SMILES string of the molecule is CCN(C)c1cccc(NC(=O)CCc2nc(-c3cccs3)no2)c1. The Morgan fingerprint density at radius 3 is 2.96 bits per heavy atom. The first kappa shape index (κ1) is 17.2. The number of aryl methyl sites for hydroxylation is 1. The maximum atomic E-state index is 12.2. The molecule has 0 aliphatic heterocycles.